The fourth-order valence-electron chi connectivity index (χ4n) is 2.80. The maximum atomic E-state index is 12.5. The largest absolute Gasteiger partial charge is 0.480 e. The Labute approximate surface area is 149 Å². The van der Waals surface area contributed by atoms with E-state index in [9.17, 15) is 14.7 Å². The number of aromatic nitrogens is 2. The lowest BCUT2D eigenvalue weighted by Gasteiger charge is -2.12. The van der Waals surface area contributed by atoms with Gasteiger partial charge in [0.2, 0.25) is 0 Å². The van der Waals surface area contributed by atoms with Gasteiger partial charge in [-0.1, -0.05) is 18.2 Å². The van der Waals surface area contributed by atoms with Gasteiger partial charge in [-0.3, -0.25) is 14.4 Å². The van der Waals surface area contributed by atoms with Crippen molar-refractivity contribution in [3.05, 3.63) is 64.3 Å². The summed E-state index contributed by atoms with van der Waals surface area (Å²) < 4.78 is 1.29. The van der Waals surface area contributed by atoms with Crippen LogP contribution in [0.4, 0.5) is 11.5 Å². The van der Waals surface area contributed by atoms with Crippen molar-refractivity contribution in [2.75, 3.05) is 11.9 Å². The van der Waals surface area contributed by atoms with E-state index in [0.29, 0.717) is 24.1 Å². The number of nitrogens with one attached hydrogen (secondary N) is 1. The van der Waals surface area contributed by atoms with E-state index in [1.807, 2.05) is 30.3 Å². The van der Waals surface area contributed by atoms with Crippen molar-refractivity contribution in [1.82, 2.24) is 9.55 Å². The first kappa shape index (κ1) is 17.4. The number of para-hydroxylation sites is 1. The van der Waals surface area contributed by atoms with Gasteiger partial charge in [0, 0.05) is 36.4 Å². The summed E-state index contributed by atoms with van der Waals surface area (Å²) in [7, 11) is 0. The monoisotopic (exact) mass is 353 g/mol. The van der Waals surface area contributed by atoms with E-state index in [4.69, 9.17) is 5.73 Å². The van der Waals surface area contributed by atoms with Gasteiger partial charge in [-0.15, -0.1) is 0 Å². The second-order valence-electron chi connectivity index (χ2n) is 5.85. The number of aliphatic imine (C=N–C) groups is 1. The minimum Gasteiger partial charge on any atom is -0.480 e. The Morgan fingerprint density at radius 1 is 1.42 bits per heavy atom. The van der Waals surface area contributed by atoms with E-state index < -0.39 is 17.6 Å². The van der Waals surface area contributed by atoms with Crippen molar-refractivity contribution >= 4 is 23.7 Å². The Kier molecular flexibility index (Phi) is 5.12. The number of rotatable bonds is 6. The summed E-state index contributed by atoms with van der Waals surface area (Å²) in [6.45, 7) is 0.242. The molecule has 3 rings (SSSR count). The number of nitrogens with two attached hydrogens (primary N) is 1. The fourth-order valence-corrected chi connectivity index (χ4v) is 2.80. The third-order valence-electron chi connectivity index (χ3n) is 4.15. The lowest BCUT2D eigenvalue weighted by atomic mass is 10.2. The summed E-state index contributed by atoms with van der Waals surface area (Å²) in [6.07, 6.45) is 5.46. The molecule has 26 heavy (non-hydrogen) atoms. The molecule has 8 nitrogen and oxygen atoms in total. The van der Waals surface area contributed by atoms with Crippen molar-refractivity contribution in [1.29, 1.82) is 0 Å². The molecule has 1 aliphatic heterocycles. The molecule has 1 aliphatic rings. The molecule has 0 spiro atoms. The van der Waals surface area contributed by atoms with Crippen molar-refractivity contribution in [3.63, 3.8) is 0 Å². The maximum Gasteiger partial charge on any atom is 0.326 e. The SMILES string of the molecule is N/C=C(\C=Nc1ccccc1)CNc1ncc2n(c1=O)C(C(=O)O)CC2. The first-order valence-electron chi connectivity index (χ1n) is 8.17. The molecule has 0 bridgehead atoms. The average molecular weight is 353 g/mol. The van der Waals surface area contributed by atoms with E-state index in [-0.39, 0.29) is 12.4 Å². The van der Waals surface area contributed by atoms with Gasteiger partial charge in [0.25, 0.3) is 5.56 Å². The zero-order valence-corrected chi connectivity index (χ0v) is 14.0. The highest BCUT2D eigenvalue weighted by molar-refractivity contribution is 5.82. The number of aryl methyl sites for hydroxylation is 1. The van der Waals surface area contributed by atoms with Crippen LogP contribution < -0.4 is 16.6 Å². The van der Waals surface area contributed by atoms with Gasteiger partial charge in [-0.05, 0) is 25.0 Å². The summed E-state index contributed by atoms with van der Waals surface area (Å²) in [5.41, 5.74) is 7.25. The predicted molar refractivity (Wildman–Crippen MR) is 98.8 cm³/mol. The van der Waals surface area contributed by atoms with Crippen LogP contribution in [0.25, 0.3) is 0 Å². The van der Waals surface area contributed by atoms with Crippen LogP contribution >= 0.6 is 0 Å². The Bertz CT molecular complexity index is 918. The maximum absolute atomic E-state index is 12.5. The average Bonchev–Trinajstić information content (AvgIpc) is 3.09. The zero-order chi connectivity index (χ0) is 18.5. The summed E-state index contributed by atoms with van der Waals surface area (Å²) in [5.74, 6) is -0.921. The Morgan fingerprint density at radius 3 is 2.88 bits per heavy atom. The lowest BCUT2D eigenvalue weighted by Crippen LogP contribution is -2.30. The number of benzene rings is 1. The topological polar surface area (TPSA) is 123 Å². The number of carbonyl (C=O) groups is 1. The molecule has 8 heteroatoms. The molecule has 4 N–H and O–H groups in total. The zero-order valence-electron chi connectivity index (χ0n) is 14.0. The van der Waals surface area contributed by atoms with Crippen LogP contribution in [0.3, 0.4) is 0 Å². The Hall–Kier alpha value is -3.42. The first-order valence-corrected chi connectivity index (χ1v) is 8.17. The molecule has 2 heterocycles. The quantitative estimate of drug-likeness (QED) is 0.676. The smallest absolute Gasteiger partial charge is 0.326 e. The van der Waals surface area contributed by atoms with E-state index in [2.05, 4.69) is 15.3 Å². The molecule has 0 radical (unpaired) electrons. The van der Waals surface area contributed by atoms with Crippen molar-refractivity contribution in [2.45, 2.75) is 18.9 Å². The predicted octanol–water partition coefficient (Wildman–Crippen LogP) is 1.47. The second kappa shape index (κ2) is 7.64. The summed E-state index contributed by atoms with van der Waals surface area (Å²) in [5, 5.41) is 12.2. The number of anilines is 1. The van der Waals surface area contributed by atoms with Crippen LogP contribution in [0.1, 0.15) is 18.2 Å². The van der Waals surface area contributed by atoms with Crippen molar-refractivity contribution in [3.8, 4) is 0 Å². The van der Waals surface area contributed by atoms with Gasteiger partial charge in [0.1, 0.15) is 6.04 Å². The number of hydrogen-bond acceptors (Lipinski definition) is 6. The molecule has 0 amide bonds. The number of carboxylic acid groups (broad SMARTS) is 1. The molecular weight excluding hydrogens is 334 g/mol. The number of fused-ring (bicyclic) bond motifs is 1. The third kappa shape index (κ3) is 3.64. The lowest BCUT2D eigenvalue weighted by molar-refractivity contribution is -0.140. The molecule has 134 valence electrons. The van der Waals surface area contributed by atoms with Gasteiger partial charge in [-0.2, -0.15) is 0 Å². The van der Waals surface area contributed by atoms with Crippen LogP contribution in [0.2, 0.25) is 0 Å². The number of hydrogen-bond donors (Lipinski definition) is 3. The van der Waals surface area contributed by atoms with Crippen LogP contribution in [0.15, 0.2) is 58.1 Å². The van der Waals surface area contributed by atoms with Crippen molar-refractivity contribution < 1.29 is 9.90 Å². The normalized spacial score (nSPS) is 16.6. The van der Waals surface area contributed by atoms with Crippen LogP contribution in [-0.2, 0) is 11.2 Å². The van der Waals surface area contributed by atoms with Gasteiger partial charge < -0.3 is 16.2 Å². The third-order valence-corrected chi connectivity index (χ3v) is 4.15. The van der Waals surface area contributed by atoms with E-state index in [1.165, 1.54) is 17.0 Å². The van der Waals surface area contributed by atoms with Crippen molar-refractivity contribution in [2.24, 2.45) is 10.7 Å². The molecule has 0 saturated carbocycles. The van der Waals surface area contributed by atoms with Crippen LogP contribution in [0, 0.1) is 0 Å². The summed E-state index contributed by atoms with van der Waals surface area (Å²) in [6, 6.07) is 8.54. The summed E-state index contributed by atoms with van der Waals surface area (Å²) >= 11 is 0. The highest BCUT2D eigenvalue weighted by Gasteiger charge is 2.30. The fraction of sp³-hybridized carbons (Fsp3) is 0.222. The molecule has 0 saturated heterocycles. The molecule has 1 aromatic carbocycles. The number of nitrogens with zero attached hydrogens (tertiary/aromatic N) is 3. The minimum atomic E-state index is -1.01. The molecule has 1 atom stereocenters. The standard InChI is InChI=1S/C18H19N5O3/c19-8-12(9-20-13-4-2-1-3-5-13)10-21-16-17(24)23-14(11-22-16)6-7-15(23)18(25)26/h1-5,8-9,11,15H,6-7,10,19H2,(H,21,22)(H,25,26)/b12-8+,20-9?. The molecule has 0 fully saturated rings. The molecule has 2 aromatic rings. The highest BCUT2D eigenvalue weighted by Crippen LogP contribution is 2.23. The van der Waals surface area contributed by atoms with E-state index in [1.54, 1.807) is 6.21 Å². The van der Waals surface area contributed by atoms with Crippen LogP contribution in [0.5, 0.6) is 0 Å². The Balaban J connectivity index is 1.74. The van der Waals surface area contributed by atoms with E-state index in [0.717, 1.165) is 5.69 Å². The minimum absolute atomic E-state index is 0.0920. The molecule has 0 aliphatic carbocycles. The second-order valence-corrected chi connectivity index (χ2v) is 5.85. The number of carboxylic acids is 1. The van der Waals surface area contributed by atoms with Gasteiger partial charge in [0.05, 0.1) is 5.69 Å². The van der Waals surface area contributed by atoms with Crippen LogP contribution in [-0.4, -0.2) is 33.4 Å². The Morgan fingerprint density at radius 2 is 2.19 bits per heavy atom. The van der Waals surface area contributed by atoms with Gasteiger partial charge in [-0.25, -0.2) is 9.78 Å². The van der Waals surface area contributed by atoms with Gasteiger partial charge in [0.15, 0.2) is 5.82 Å². The molecule has 1 aromatic heterocycles. The van der Waals surface area contributed by atoms with E-state index >= 15 is 0 Å². The summed E-state index contributed by atoms with van der Waals surface area (Å²) in [4.78, 5) is 32.3. The molecular formula is C18H19N5O3. The first-order chi connectivity index (χ1) is 12.6. The highest BCUT2D eigenvalue weighted by atomic mass is 16.4. The molecule has 1 unspecified atom stereocenters. The van der Waals surface area contributed by atoms with Gasteiger partial charge >= 0.3 is 5.97 Å². The number of aliphatic carboxylic acids is 1.